The number of benzene rings is 9. The molecule has 3 aliphatic heterocycles. The van der Waals surface area contributed by atoms with E-state index in [0.717, 1.165) is 16.7 Å². The minimum atomic E-state index is -0.694. The Morgan fingerprint density at radius 3 is 0.899 bits per heavy atom. The Morgan fingerprint density at radius 2 is 0.605 bits per heavy atom. The van der Waals surface area contributed by atoms with Crippen molar-refractivity contribution in [3.8, 4) is 5.75 Å². The number of anilines is 3. The van der Waals surface area contributed by atoms with Crippen LogP contribution in [0.4, 0.5) is 17.1 Å². The Bertz CT molecular complexity index is 5980. The first-order valence-electron chi connectivity index (χ1n) is 38.7. The molecule has 3 aliphatic rings. The van der Waals surface area contributed by atoms with E-state index in [9.17, 15) is 43.2 Å². The number of hydrogen-bond donors (Lipinski definition) is 0. The molecular weight excluding hydrogens is 1640 g/mol. The maximum atomic E-state index is 14.0. The van der Waals surface area contributed by atoms with Gasteiger partial charge in [-0.15, -0.1) is 0 Å². The van der Waals surface area contributed by atoms with E-state index in [1.54, 1.807) is 172 Å². The summed E-state index contributed by atoms with van der Waals surface area (Å²) in [5.41, 5.74) is 6.35. The molecule has 0 spiro atoms. The van der Waals surface area contributed by atoms with Gasteiger partial charge in [-0.25, -0.2) is 14.4 Å². The van der Waals surface area contributed by atoms with Crippen LogP contribution < -0.4 is 36.1 Å². The van der Waals surface area contributed by atoms with Crippen molar-refractivity contribution >= 4 is 155 Å². The number of fused-ring (bicyclic) bond motifs is 3. The van der Waals surface area contributed by atoms with Gasteiger partial charge in [0, 0.05) is 131 Å². The summed E-state index contributed by atoms with van der Waals surface area (Å²) in [6, 6.07) is 63.3. The van der Waals surface area contributed by atoms with Crippen LogP contribution in [0.1, 0.15) is 99.6 Å². The molecule has 22 nitrogen and oxygen atoms in total. The van der Waals surface area contributed by atoms with Crippen molar-refractivity contribution in [2.45, 2.75) is 40.4 Å². The van der Waals surface area contributed by atoms with Gasteiger partial charge in [-0.3, -0.25) is 28.8 Å². The minimum Gasteiger partial charge on any atom is -0.497 e. The molecule has 0 radical (unpaired) electrons. The van der Waals surface area contributed by atoms with Crippen molar-refractivity contribution in [3.63, 3.8) is 0 Å². The number of methoxy groups -OCH3 is 1. The van der Waals surface area contributed by atoms with Gasteiger partial charge >= 0.3 is 17.9 Å². The zero-order valence-electron chi connectivity index (χ0n) is 65.5. The Balaban J connectivity index is 0.000000155. The molecule has 119 heavy (non-hydrogen) atoms. The van der Waals surface area contributed by atoms with E-state index in [-0.39, 0.29) is 73.9 Å². The highest BCUT2D eigenvalue weighted by atomic mass is 35.5. The molecule has 28 heteroatoms. The fraction of sp³-hybridized carbons (Fsp3) is 0.242. The lowest BCUT2D eigenvalue weighted by Crippen LogP contribution is -2.49. The second-order valence-electron chi connectivity index (χ2n) is 28.1. The van der Waals surface area contributed by atoms with E-state index in [2.05, 4.69) is 0 Å². The monoisotopic (exact) mass is 1720 g/mol. The van der Waals surface area contributed by atoms with E-state index >= 15 is 0 Å². The number of nitrogens with zero attached hydrogens (tertiary/aromatic N) is 9. The predicted octanol–water partition coefficient (Wildman–Crippen LogP) is 16.5. The average molecular weight is 1720 g/mol. The number of aromatic nitrogens is 3. The standard InChI is InChI=1S/C31H30ClN3O5.C30H26Cl3N3O4.C30H27Cl2N3O4/c1-3-40-31(38)27-28(33-15-17-34(18-16-33)29(36)22-9-12-24(39-2)13-10-22)25-19-23(32)11-14-26(25)35(30(27)37)20-21-7-5-4-6-8-21;1-2-40-30(39)26-27(34-12-14-35(15-13-34)28(37)20-8-10-23(32)24(33)16-20)22-17-21(31)9-11-25(22)36(29(26)38)18-19-6-4-3-5-7-19;1-2-39-30(38)26-27(33-14-16-34(17-15-33)28(36)21-8-10-22(31)11-9-21)24-18-23(32)12-13-25(24)35(29(26)37)19-20-6-4-3-5-7-20/h4-14,19H,3,15-18,20H2,1-2H3;3-11,16-17H,2,12-15,18H2,1H3;3-13,18H,2,14-17,19H2,1H3. The van der Waals surface area contributed by atoms with Gasteiger partial charge in [0.05, 0.1) is 90.2 Å². The molecule has 9 aromatic carbocycles. The van der Waals surface area contributed by atoms with Gasteiger partial charge in [-0.2, -0.15) is 0 Å². The third-order valence-corrected chi connectivity index (χ3v) is 22.5. The second kappa shape index (κ2) is 38.8. The molecule has 12 aromatic rings. The van der Waals surface area contributed by atoms with Crippen molar-refractivity contribution in [2.24, 2.45) is 0 Å². The number of pyridine rings is 3. The largest absolute Gasteiger partial charge is 0.497 e. The molecular formula is C91H83Cl6N9O13. The summed E-state index contributed by atoms with van der Waals surface area (Å²) >= 11 is 37.4. The number of halogens is 6. The number of ether oxygens (including phenoxy) is 4. The Kier molecular flexibility index (Phi) is 27.8. The highest BCUT2D eigenvalue weighted by Crippen LogP contribution is 2.38. The first-order valence-corrected chi connectivity index (χ1v) is 41.0. The summed E-state index contributed by atoms with van der Waals surface area (Å²) in [6.07, 6.45) is 0. The number of hydrogen-bond acceptors (Lipinski definition) is 16. The zero-order chi connectivity index (χ0) is 84.1. The van der Waals surface area contributed by atoms with Crippen molar-refractivity contribution in [1.82, 2.24) is 28.4 Å². The highest BCUT2D eigenvalue weighted by molar-refractivity contribution is 6.42. The Morgan fingerprint density at radius 1 is 0.319 bits per heavy atom. The fourth-order valence-corrected chi connectivity index (χ4v) is 16.0. The van der Waals surface area contributed by atoms with Crippen LogP contribution in [0.5, 0.6) is 5.75 Å². The van der Waals surface area contributed by atoms with Crippen LogP contribution in [0.25, 0.3) is 32.7 Å². The number of esters is 3. The van der Waals surface area contributed by atoms with Gasteiger partial charge in [0.25, 0.3) is 34.4 Å². The molecule has 3 fully saturated rings. The quantitative estimate of drug-likeness (QED) is 0.0542. The first kappa shape index (κ1) is 85.3. The van der Waals surface area contributed by atoms with E-state index in [1.807, 2.05) is 112 Å². The summed E-state index contributed by atoms with van der Waals surface area (Å²) in [4.78, 5) is 132. The molecule has 3 aromatic heterocycles. The van der Waals surface area contributed by atoms with Crippen LogP contribution in [0.3, 0.4) is 0 Å². The SMILES string of the molecule is CCOC(=O)c1c(N2CCN(C(=O)c3ccc(Cl)c(Cl)c3)CC2)c2cc(Cl)ccc2n(Cc2ccccc2)c1=O.CCOC(=O)c1c(N2CCN(C(=O)c3ccc(Cl)cc3)CC2)c2cc(Cl)ccc2n(Cc2ccccc2)c1=O.CCOC(=O)c1c(N2CCN(C(=O)c3ccc(OC)cc3)CC2)c2cc(Cl)ccc2n(Cc2ccccc2)c1=O. The topological polar surface area (TPSA) is 225 Å². The molecule has 6 heterocycles. The second-order valence-corrected chi connectivity index (χ2v) is 30.7. The van der Waals surface area contributed by atoms with Crippen LogP contribution in [0.15, 0.2) is 227 Å². The highest BCUT2D eigenvalue weighted by Gasteiger charge is 2.35. The smallest absolute Gasteiger partial charge is 0.345 e. The first-order chi connectivity index (χ1) is 57.6. The molecule has 15 rings (SSSR count). The summed E-state index contributed by atoms with van der Waals surface area (Å²) in [7, 11) is 1.58. The molecule has 3 saturated heterocycles. The fourth-order valence-electron chi connectivity index (χ4n) is 15.1. The molecule has 0 N–H and O–H groups in total. The van der Waals surface area contributed by atoms with Crippen LogP contribution in [0.2, 0.25) is 30.1 Å². The van der Waals surface area contributed by atoms with Crippen LogP contribution in [-0.4, -0.2) is 169 Å². The Hall–Kier alpha value is -11.6. The number of amides is 3. The van der Waals surface area contributed by atoms with Gasteiger partial charge < -0.3 is 62.0 Å². The number of rotatable bonds is 19. The lowest BCUT2D eigenvalue weighted by molar-refractivity contribution is 0.0514. The van der Waals surface area contributed by atoms with Crippen molar-refractivity contribution < 1.29 is 47.7 Å². The molecule has 0 aliphatic carbocycles. The molecule has 0 unspecified atom stereocenters. The summed E-state index contributed by atoms with van der Waals surface area (Å²) < 4.78 is 26.1. The van der Waals surface area contributed by atoms with Gasteiger partial charge in [-0.05, 0) is 159 Å². The third kappa shape index (κ3) is 19.2. The summed E-state index contributed by atoms with van der Waals surface area (Å²) in [6.45, 7) is 11.3. The summed E-state index contributed by atoms with van der Waals surface area (Å²) in [5, 5.41) is 4.72. The van der Waals surface area contributed by atoms with Gasteiger partial charge in [0.1, 0.15) is 22.4 Å². The van der Waals surface area contributed by atoms with E-state index < -0.39 is 34.6 Å². The normalized spacial score (nSPS) is 13.5. The molecule has 0 atom stereocenters. The molecule has 0 bridgehead atoms. The zero-order valence-corrected chi connectivity index (χ0v) is 70.1. The average Bonchev–Trinajstić information content (AvgIpc) is 0.751. The van der Waals surface area contributed by atoms with E-state index in [0.29, 0.717) is 181 Å². The van der Waals surface area contributed by atoms with Gasteiger partial charge in [0.2, 0.25) is 0 Å². The number of carbonyl (C=O) groups is 6. The Labute approximate surface area is 716 Å². The van der Waals surface area contributed by atoms with E-state index in [4.69, 9.17) is 88.6 Å². The van der Waals surface area contributed by atoms with Gasteiger partial charge in [0.15, 0.2) is 0 Å². The predicted molar refractivity (Wildman–Crippen MR) is 469 cm³/mol. The van der Waals surface area contributed by atoms with Crippen LogP contribution in [-0.2, 0) is 33.8 Å². The lowest BCUT2D eigenvalue weighted by Gasteiger charge is -2.37. The lowest BCUT2D eigenvalue weighted by atomic mass is 10.0. The number of carbonyl (C=O) groups excluding carboxylic acids is 6. The van der Waals surface area contributed by atoms with E-state index in [1.165, 1.54) is 0 Å². The van der Waals surface area contributed by atoms with Crippen LogP contribution in [0, 0.1) is 0 Å². The van der Waals surface area contributed by atoms with Crippen molar-refractivity contribution in [1.29, 1.82) is 0 Å². The minimum absolute atomic E-state index is 0.0255. The van der Waals surface area contributed by atoms with Crippen LogP contribution >= 0.6 is 69.6 Å². The van der Waals surface area contributed by atoms with Gasteiger partial charge in [-0.1, -0.05) is 161 Å². The molecule has 612 valence electrons. The maximum absolute atomic E-state index is 14.0. The summed E-state index contributed by atoms with van der Waals surface area (Å²) in [5.74, 6) is -1.72. The maximum Gasteiger partial charge on any atom is 0.345 e. The van der Waals surface area contributed by atoms with Crippen molar-refractivity contribution in [2.75, 3.05) is 120 Å². The third-order valence-electron chi connectivity index (χ3n) is 20.8. The van der Waals surface area contributed by atoms with Crippen molar-refractivity contribution in [3.05, 3.63) is 324 Å². The molecule has 3 amide bonds. The number of piperazine rings is 3. The molecule has 0 saturated carbocycles.